The van der Waals surface area contributed by atoms with Gasteiger partial charge in [-0.2, -0.15) is 0 Å². The van der Waals surface area contributed by atoms with Gasteiger partial charge in [0.05, 0.1) is 10.4 Å². The summed E-state index contributed by atoms with van der Waals surface area (Å²) in [4.78, 5) is 5.50. The molecular weight excluding hydrogens is 326 g/mol. The minimum absolute atomic E-state index is 0.220. The summed E-state index contributed by atoms with van der Waals surface area (Å²) in [5.74, 6) is 0. The quantitative estimate of drug-likeness (QED) is 0.333. The summed E-state index contributed by atoms with van der Waals surface area (Å²) in [6.45, 7) is -3.09. The molecule has 25 heavy (non-hydrogen) atoms. The fourth-order valence-corrected chi connectivity index (χ4v) is 4.28. The molecule has 0 amide bonds. The highest BCUT2D eigenvalue weighted by Gasteiger charge is 2.16. The average Bonchev–Trinajstić information content (AvgIpc) is 3.25. The van der Waals surface area contributed by atoms with Gasteiger partial charge in [-0.15, -0.1) is 11.3 Å². The molecule has 0 unspecified atom stereocenters. The van der Waals surface area contributed by atoms with Crippen molar-refractivity contribution in [3.8, 4) is 11.3 Å². The number of fused-ring (bicyclic) bond motifs is 5. The standard InChI is InChI=1S/C22H17NOS/c1-12-9-19(23-11-13(12)2)18-6-4-5-16-17-8-7-15-10-14(3)25-22(15)21(17)24-20(16)18/h4-11H,1-3H3/i1D3,2D3. The first-order chi connectivity index (χ1) is 14.5. The molecule has 0 radical (unpaired) electrons. The monoisotopic (exact) mass is 349 g/mol. The lowest BCUT2D eigenvalue weighted by molar-refractivity contribution is 0.674. The lowest BCUT2D eigenvalue weighted by Crippen LogP contribution is -1.88. The third kappa shape index (κ3) is 2.12. The Bertz CT molecular complexity index is 1480. The number of para-hydroxylation sites is 1. The second kappa shape index (κ2) is 5.17. The average molecular weight is 349 g/mol. The Morgan fingerprint density at radius 1 is 1.00 bits per heavy atom. The minimum Gasteiger partial charge on any atom is -0.454 e. The second-order valence-corrected chi connectivity index (χ2v) is 7.37. The Morgan fingerprint density at radius 3 is 2.76 bits per heavy atom. The van der Waals surface area contributed by atoms with E-state index >= 15 is 0 Å². The van der Waals surface area contributed by atoms with Gasteiger partial charge in [0.2, 0.25) is 0 Å². The molecule has 3 heteroatoms. The maximum absolute atomic E-state index is 7.83. The van der Waals surface area contributed by atoms with Crippen molar-refractivity contribution in [1.29, 1.82) is 0 Å². The zero-order valence-electron chi connectivity index (χ0n) is 19.4. The van der Waals surface area contributed by atoms with Crippen LogP contribution in [-0.4, -0.2) is 4.98 Å². The molecule has 0 aliphatic heterocycles. The summed E-state index contributed by atoms with van der Waals surface area (Å²) < 4.78 is 53.9. The highest BCUT2D eigenvalue weighted by Crippen LogP contribution is 2.40. The van der Waals surface area contributed by atoms with Crippen LogP contribution in [0.2, 0.25) is 0 Å². The predicted octanol–water partition coefficient (Wildman–Crippen LogP) is 6.79. The number of furan rings is 1. The molecular formula is C22H17NOS. The van der Waals surface area contributed by atoms with Crippen LogP contribution < -0.4 is 0 Å². The van der Waals surface area contributed by atoms with Crippen LogP contribution >= 0.6 is 11.3 Å². The van der Waals surface area contributed by atoms with Crippen LogP contribution in [0.5, 0.6) is 0 Å². The van der Waals surface area contributed by atoms with E-state index in [1.165, 1.54) is 10.9 Å². The van der Waals surface area contributed by atoms with Gasteiger partial charge >= 0.3 is 0 Å². The van der Waals surface area contributed by atoms with Gasteiger partial charge in [-0.3, -0.25) is 4.98 Å². The Morgan fingerprint density at radius 2 is 1.88 bits per heavy atom. The highest BCUT2D eigenvalue weighted by molar-refractivity contribution is 7.19. The molecule has 3 heterocycles. The van der Waals surface area contributed by atoms with Gasteiger partial charge < -0.3 is 4.42 Å². The smallest absolute Gasteiger partial charge is 0.153 e. The Kier molecular flexibility index (Phi) is 2.01. The number of pyridine rings is 1. The highest BCUT2D eigenvalue weighted by atomic mass is 32.1. The van der Waals surface area contributed by atoms with Crippen molar-refractivity contribution in [3.63, 3.8) is 0 Å². The van der Waals surface area contributed by atoms with Crippen molar-refractivity contribution >= 4 is 43.4 Å². The van der Waals surface area contributed by atoms with Crippen LogP contribution in [0.1, 0.15) is 24.2 Å². The van der Waals surface area contributed by atoms with Gasteiger partial charge in [-0.05, 0) is 61.4 Å². The lowest BCUT2D eigenvalue weighted by atomic mass is 10.0. The molecule has 5 rings (SSSR count). The van der Waals surface area contributed by atoms with E-state index in [4.69, 9.17) is 12.6 Å². The van der Waals surface area contributed by atoms with E-state index in [-0.39, 0.29) is 11.1 Å². The number of nitrogens with zero attached hydrogens (tertiary/aromatic N) is 1. The topological polar surface area (TPSA) is 26.0 Å². The number of aromatic nitrogens is 1. The maximum Gasteiger partial charge on any atom is 0.153 e. The molecule has 0 aliphatic rings. The zero-order chi connectivity index (χ0) is 22.1. The second-order valence-electron chi connectivity index (χ2n) is 6.12. The van der Waals surface area contributed by atoms with Crippen LogP contribution in [0.15, 0.2) is 53.1 Å². The zero-order valence-corrected chi connectivity index (χ0v) is 14.2. The fraction of sp³-hybridized carbons (Fsp3) is 0.136. The summed E-state index contributed by atoms with van der Waals surface area (Å²) in [5.41, 5.74) is 1.89. The van der Waals surface area contributed by atoms with E-state index in [0.717, 1.165) is 32.6 Å². The van der Waals surface area contributed by atoms with E-state index in [1.807, 2.05) is 24.3 Å². The van der Waals surface area contributed by atoms with Gasteiger partial charge in [0, 0.05) is 35.6 Å². The molecule has 0 aliphatic carbocycles. The van der Waals surface area contributed by atoms with E-state index in [1.54, 1.807) is 11.3 Å². The summed E-state index contributed by atoms with van der Waals surface area (Å²) in [6, 6.07) is 13.2. The van der Waals surface area contributed by atoms with Gasteiger partial charge in [-0.1, -0.05) is 18.2 Å². The third-order valence-electron chi connectivity index (χ3n) is 4.45. The Balaban J connectivity index is 1.80. The molecule has 122 valence electrons. The van der Waals surface area contributed by atoms with Crippen molar-refractivity contribution < 1.29 is 12.6 Å². The first-order valence-electron chi connectivity index (χ1n) is 10.9. The fourth-order valence-electron chi connectivity index (χ4n) is 3.29. The molecule has 0 saturated heterocycles. The maximum atomic E-state index is 7.83. The van der Waals surface area contributed by atoms with Crippen LogP contribution in [0.4, 0.5) is 0 Å². The molecule has 2 aromatic carbocycles. The van der Waals surface area contributed by atoms with Crippen LogP contribution in [0, 0.1) is 20.6 Å². The van der Waals surface area contributed by atoms with Crippen LogP contribution in [-0.2, 0) is 0 Å². The van der Waals surface area contributed by atoms with E-state index < -0.39 is 13.7 Å². The molecule has 0 fully saturated rings. The summed E-state index contributed by atoms with van der Waals surface area (Å²) in [5, 5.41) is 2.99. The molecule has 0 bridgehead atoms. The lowest BCUT2D eigenvalue weighted by Gasteiger charge is -2.05. The Labute approximate surface area is 158 Å². The first kappa shape index (κ1) is 9.73. The number of rotatable bonds is 1. The third-order valence-corrected chi connectivity index (χ3v) is 5.52. The number of aryl methyl sites for hydroxylation is 3. The van der Waals surface area contributed by atoms with Gasteiger partial charge in [0.1, 0.15) is 5.58 Å². The van der Waals surface area contributed by atoms with E-state index in [0.29, 0.717) is 16.8 Å². The van der Waals surface area contributed by atoms with Crippen molar-refractivity contribution in [1.82, 2.24) is 4.98 Å². The van der Waals surface area contributed by atoms with Crippen molar-refractivity contribution in [2.24, 2.45) is 0 Å². The molecule has 3 aromatic heterocycles. The molecule has 0 saturated carbocycles. The number of thiophene rings is 1. The van der Waals surface area contributed by atoms with Crippen molar-refractivity contribution in [2.75, 3.05) is 0 Å². The minimum atomic E-state index is -2.58. The van der Waals surface area contributed by atoms with Crippen LogP contribution in [0.25, 0.3) is 43.3 Å². The summed E-state index contributed by atoms with van der Waals surface area (Å²) >= 11 is 1.66. The van der Waals surface area contributed by atoms with Gasteiger partial charge in [-0.25, -0.2) is 0 Å². The van der Waals surface area contributed by atoms with E-state index in [2.05, 4.69) is 24.0 Å². The number of hydrogen-bond acceptors (Lipinski definition) is 3. The molecule has 0 N–H and O–H groups in total. The summed E-state index contributed by atoms with van der Waals surface area (Å²) in [7, 11) is 0. The van der Waals surface area contributed by atoms with E-state index in [9.17, 15) is 0 Å². The van der Waals surface area contributed by atoms with Crippen LogP contribution in [0.3, 0.4) is 0 Å². The van der Waals surface area contributed by atoms with Crippen molar-refractivity contribution in [3.05, 3.63) is 64.7 Å². The molecule has 0 spiro atoms. The number of hydrogen-bond donors (Lipinski definition) is 0. The van der Waals surface area contributed by atoms with Gasteiger partial charge in [0.25, 0.3) is 0 Å². The SMILES string of the molecule is [2H]C([2H])([2H])c1cnc(-c2cccc3c2oc2c3ccc3cc(C)sc32)cc1C([2H])([2H])[2H]. The van der Waals surface area contributed by atoms with Gasteiger partial charge in [0.15, 0.2) is 5.58 Å². The Hall–Kier alpha value is -2.65. The normalized spacial score (nSPS) is 16.4. The predicted molar refractivity (Wildman–Crippen MR) is 107 cm³/mol. The largest absolute Gasteiger partial charge is 0.454 e. The molecule has 5 aromatic rings. The first-order valence-corrected chi connectivity index (χ1v) is 8.71. The number of benzene rings is 2. The van der Waals surface area contributed by atoms with Crippen molar-refractivity contribution in [2.45, 2.75) is 20.6 Å². The summed E-state index contributed by atoms with van der Waals surface area (Å²) in [6.07, 6.45) is 1.15. The molecule has 2 nitrogen and oxygen atoms in total. The molecule has 0 atom stereocenters.